The molecular weight excluding hydrogens is 198 g/mol. The molecular formula is C6H8ClN3OS. The molecule has 12 heavy (non-hydrogen) atoms. The van der Waals surface area contributed by atoms with Gasteiger partial charge in [-0.3, -0.25) is 4.57 Å². The Kier molecular flexibility index (Phi) is 2.14. The van der Waals surface area contributed by atoms with Crippen LogP contribution >= 0.6 is 23.4 Å². The van der Waals surface area contributed by atoms with Crippen LogP contribution in [0, 0.1) is 0 Å². The molecule has 0 aromatic carbocycles. The third-order valence-electron chi connectivity index (χ3n) is 1.77. The molecule has 0 atom stereocenters. The number of hydrogen-bond donors (Lipinski definition) is 1. The van der Waals surface area contributed by atoms with Gasteiger partial charge in [-0.25, -0.2) is 9.89 Å². The van der Waals surface area contributed by atoms with E-state index in [1.165, 1.54) is 11.8 Å². The van der Waals surface area contributed by atoms with Crippen molar-refractivity contribution in [2.24, 2.45) is 0 Å². The molecule has 1 fully saturated rings. The summed E-state index contributed by atoms with van der Waals surface area (Å²) in [6.45, 7) is 0. The van der Waals surface area contributed by atoms with Crippen molar-refractivity contribution < 1.29 is 0 Å². The second-order valence-corrected chi connectivity index (χ2v) is 4.19. The summed E-state index contributed by atoms with van der Waals surface area (Å²) in [6, 6.07) is 0.363. The molecule has 6 heteroatoms. The Morgan fingerprint density at radius 1 is 1.75 bits per heavy atom. The van der Waals surface area contributed by atoms with Gasteiger partial charge in [-0.2, -0.15) is 0 Å². The molecule has 0 amide bonds. The molecule has 0 spiro atoms. The van der Waals surface area contributed by atoms with E-state index in [4.69, 9.17) is 11.6 Å². The van der Waals surface area contributed by atoms with Crippen molar-refractivity contribution in [1.29, 1.82) is 0 Å². The lowest BCUT2D eigenvalue weighted by Gasteiger charge is -1.99. The third kappa shape index (κ3) is 1.38. The van der Waals surface area contributed by atoms with E-state index in [9.17, 15) is 4.79 Å². The highest BCUT2D eigenvalue weighted by molar-refractivity contribution is 8.00. The minimum absolute atomic E-state index is 0.120. The van der Waals surface area contributed by atoms with E-state index in [-0.39, 0.29) is 5.69 Å². The van der Waals surface area contributed by atoms with E-state index >= 15 is 0 Å². The number of rotatable bonds is 3. The molecule has 0 radical (unpaired) electrons. The monoisotopic (exact) mass is 205 g/mol. The fourth-order valence-corrected chi connectivity index (χ4v) is 1.97. The summed E-state index contributed by atoms with van der Waals surface area (Å²) in [4.78, 5) is 11.2. The second kappa shape index (κ2) is 3.14. The summed E-state index contributed by atoms with van der Waals surface area (Å²) in [5.41, 5.74) is -0.120. The van der Waals surface area contributed by atoms with Gasteiger partial charge in [0, 0.05) is 6.04 Å². The van der Waals surface area contributed by atoms with Crippen LogP contribution < -0.4 is 5.69 Å². The van der Waals surface area contributed by atoms with Crippen molar-refractivity contribution in [3.63, 3.8) is 0 Å². The maximum atomic E-state index is 11.2. The number of H-pyrrole nitrogens is 1. The van der Waals surface area contributed by atoms with Crippen molar-refractivity contribution >= 4 is 23.4 Å². The van der Waals surface area contributed by atoms with Crippen LogP contribution in [0.3, 0.4) is 0 Å². The summed E-state index contributed by atoms with van der Waals surface area (Å²) < 4.78 is 1.69. The fraction of sp³-hybridized carbons (Fsp3) is 0.667. The Morgan fingerprint density at radius 2 is 2.50 bits per heavy atom. The molecule has 1 aliphatic rings. The zero-order valence-corrected chi connectivity index (χ0v) is 7.86. The molecule has 1 N–H and O–H groups in total. The smallest absolute Gasteiger partial charge is 0.267 e. The lowest BCUT2D eigenvalue weighted by atomic mass is 10.7. The van der Waals surface area contributed by atoms with Crippen molar-refractivity contribution in [2.75, 3.05) is 5.21 Å². The Labute approximate surface area is 78.3 Å². The van der Waals surface area contributed by atoms with Gasteiger partial charge in [0.1, 0.15) is 0 Å². The van der Waals surface area contributed by atoms with Crippen LogP contribution in [-0.2, 0) is 0 Å². The van der Waals surface area contributed by atoms with Crippen LogP contribution in [0.15, 0.2) is 9.95 Å². The van der Waals surface area contributed by atoms with E-state index in [0.29, 0.717) is 16.4 Å². The third-order valence-corrected chi connectivity index (χ3v) is 2.75. The molecule has 0 unspecified atom stereocenters. The minimum Gasteiger partial charge on any atom is -0.267 e. The minimum atomic E-state index is -0.120. The Morgan fingerprint density at radius 3 is 3.08 bits per heavy atom. The summed E-state index contributed by atoms with van der Waals surface area (Å²) in [5.74, 6) is 0. The van der Waals surface area contributed by atoms with E-state index < -0.39 is 0 Å². The number of alkyl halides is 1. The first-order chi connectivity index (χ1) is 5.83. The summed E-state index contributed by atoms with van der Waals surface area (Å²) in [6.07, 6.45) is 2.16. The van der Waals surface area contributed by atoms with Gasteiger partial charge in [0.05, 0.1) is 5.21 Å². The molecule has 1 aliphatic carbocycles. The average Bonchev–Trinajstić information content (AvgIpc) is 2.80. The molecule has 1 heterocycles. The quantitative estimate of drug-likeness (QED) is 0.596. The molecule has 1 saturated carbocycles. The topological polar surface area (TPSA) is 50.7 Å². The van der Waals surface area contributed by atoms with Gasteiger partial charge in [-0.05, 0) is 12.8 Å². The van der Waals surface area contributed by atoms with Crippen LogP contribution in [0.4, 0.5) is 0 Å². The Balaban J connectivity index is 2.33. The maximum absolute atomic E-state index is 11.2. The normalized spacial score (nSPS) is 16.8. The standard InChI is InChI=1S/C6H8ClN3OS/c7-3-12-6-9-8-5(11)10(6)4-1-2-4/h4H,1-3H2,(H,8,11). The van der Waals surface area contributed by atoms with Crippen molar-refractivity contribution in [3.05, 3.63) is 10.5 Å². The van der Waals surface area contributed by atoms with Gasteiger partial charge < -0.3 is 0 Å². The Bertz CT molecular complexity index is 330. The molecule has 2 rings (SSSR count). The maximum Gasteiger partial charge on any atom is 0.344 e. The molecule has 1 aromatic rings. The van der Waals surface area contributed by atoms with Crippen molar-refractivity contribution in [1.82, 2.24) is 14.8 Å². The van der Waals surface area contributed by atoms with Gasteiger partial charge in [0.2, 0.25) is 0 Å². The van der Waals surface area contributed by atoms with Crippen LogP contribution in [0.5, 0.6) is 0 Å². The van der Waals surface area contributed by atoms with Crippen LogP contribution in [0.25, 0.3) is 0 Å². The number of nitrogens with zero attached hydrogens (tertiary/aromatic N) is 2. The summed E-state index contributed by atoms with van der Waals surface area (Å²) in [7, 11) is 0. The van der Waals surface area contributed by atoms with Gasteiger partial charge >= 0.3 is 5.69 Å². The van der Waals surface area contributed by atoms with Crippen LogP contribution in [0.1, 0.15) is 18.9 Å². The number of thioether (sulfide) groups is 1. The van der Waals surface area contributed by atoms with Crippen molar-refractivity contribution in [3.8, 4) is 0 Å². The highest BCUT2D eigenvalue weighted by atomic mass is 35.5. The fourth-order valence-electron chi connectivity index (χ4n) is 1.10. The second-order valence-electron chi connectivity index (χ2n) is 2.67. The Hall–Kier alpha value is -0.420. The number of aromatic nitrogens is 3. The van der Waals surface area contributed by atoms with Gasteiger partial charge in [0.15, 0.2) is 5.16 Å². The van der Waals surface area contributed by atoms with Crippen LogP contribution in [0.2, 0.25) is 0 Å². The first-order valence-corrected chi connectivity index (χ1v) is 5.20. The molecule has 0 bridgehead atoms. The van der Waals surface area contributed by atoms with Crippen molar-refractivity contribution in [2.45, 2.75) is 24.0 Å². The first kappa shape index (κ1) is 8.19. The highest BCUT2D eigenvalue weighted by Gasteiger charge is 2.28. The highest BCUT2D eigenvalue weighted by Crippen LogP contribution is 2.35. The molecule has 4 nitrogen and oxygen atoms in total. The number of hydrogen-bond acceptors (Lipinski definition) is 3. The number of nitrogens with one attached hydrogen (secondary N) is 1. The first-order valence-electron chi connectivity index (χ1n) is 3.68. The lowest BCUT2D eigenvalue weighted by Crippen LogP contribution is -2.15. The number of halogens is 1. The SMILES string of the molecule is O=c1[nH]nc(SCCl)n1C1CC1. The lowest BCUT2D eigenvalue weighted by molar-refractivity contribution is 0.643. The molecule has 1 aromatic heterocycles. The predicted octanol–water partition coefficient (Wildman–Crippen LogP) is 1.19. The number of aromatic amines is 1. The van der Waals surface area contributed by atoms with Gasteiger partial charge in [-0.15, -0.1) is 16.7 Å². The van der Waals surface area contributed by atoms with Gasteiger partial charge in [0.25, 0.3) is 0 Å². The van der Waals surface area contributed by atoms with E-state index in [1.807, 2.05) is 0 Å². The zero-order valence-electron chi connectivity index (χ0n) is 6.29. The van der Waals surface area contributed by atoms with E-state index in [1.54, 1.807) is 4.57 Å². The zero-order chi connectivity index (χ0) is 8.55. The van der Waals surface area contributed by atoms with E-state index in [0.717, 1.165) is 12.8 Å². The van der Waals surface area contributed by atoms with Gasteiger partial charge in [-0.1, -0.05) is 11.8 Å². The average molecular weight is 206 g/mol. The largest absolute Gasteiger partial charge is 0.344 e. The van der Waals surface area contributed by atoms with E-state index in [2.05, 4.69) is 10.2 Å². The summed E-state index contributed by atoms with van der Waals surface area (Å²) in [5, 5.41) is 7.43. The molecule has 66 valence electrons. The molecule has 0 saturated heterocycles. The summed E-state index contributed by atoms with van der Waals surface area (Å²) >= 11 is 6.91. The molecule has 0 aliphatic heterocycles. The van der Waals surface area contributed by atoms with Crippen LogP contribution in [-0.4, -0.2) is 20.0 Å². The predicted molar refractivity (Wildman–Crippen MR) is 47.7 cm³/mol.